The van der Waals surface area contributed by atoms with E-state index in [4.69, 9.17) is 9.15 Å². The molecule has 0 N–H and O–H groups in total. The predicted molar refractivity (Wildman–Crippen MR) is 133 cm³/mol. The molecule has 35 heavy (non-hydrogen) atoms. The third kappa shape index (κ3) is 5.21. The van der Waals surface area contributed by atoms with Crippen molar-refractivity contribution in [2.45, 2.75) is 14.8 Å². The molecule has 0 saturated carbocycles. The number of thioether (sulfide) groups is 2. The maximum atomic E-state index is 12.6. The third-order valence-electron chi connectivity index (χ3n) is 5.21. The van der Waals surface area contributed by atoms with E-state index in [9.17, 15) is 19.2 Å². The van der Waals surface area contributed by atoms with Gasteiger partial charge in [0.15, 0.2) is 20.2 Å². The highest BCUT2D eigenvalue weighted by molar-refractivity contribution is 8.03. The number of ether oxygens (including phenoxy) is 1. The van der Waals surface area contributed by atoms with Gasteiger partial charge in [0.05, 0.1) is 11.5 Å². The number of rotatable bonds is 8. The summed E-state index contributed by atoms with van der Waals surface area (Å²) in [5.41, 5.74) is 0.519. The van der Waals surface area contributed by atoms with Crippen LogP contribution in [0.25, 0.3) is 11.0 Å². The Kier molecular flexibility index (Phi) is 6.80. The molecule has 1 aromatic carbocycles. The second-order valence-electron chi connectivity index (χ2n) is 7.53. The Morgan fingerprint density at radius 3 is 2.63 bits per heavy atom. The second-order valence-corrected chi connectivity index (χ2v) is 11.0. The molecular formula is C24H16N2O6S3. The minimum Gasteiger partial charge on any atom is -0.452 e. The van der Waals surface area contributed by atoms with Gasteiger partial charge in [0.1, 0.15) is 23.2 Å². The molecule has 176 valence electrons. The number of esters is 1. The minimum absolute atomic E-state index is 0.00799. The van der Waals surface area contributed by atoms with Crippen LogP contribution >= 0.6 is 34.9 Å². The largest absolute Gasteiger partial charge is 0.452 e. The fraction of sp³-hybridized carbons (Fsp3) is 0.167. The molecule has 2 aliphatic rings. The summed E-state index contributed by atoms with van der Waals surface area (Å²) in [5, 5.41) is 8.75. The number of nitrogens with zero attached hydrogens (tertiary/aromatic N) is 2. The summed E-state index contributed by atoms with van der Waals surface area (Å²) in [6.45, 7) is 0. The average molecular weight is 525 g/mol. The van der Waals surface area contributed by atoms with Gasteiger partial charge in [0.2, 0.25) is 0 Å². The number of benzene rings is 1. The highest BCUT2D eigenvalue weighted by Gasteiger charge is 2.34. The number of hydrogen-bond acceptors (Lipinski definition) is 11. The van der Waals surface area contributed by atoms with Crippen LogP contribution in [-0.4, -0.2) is 45.3 Å². The molecule has 0 bridgehead atoms. The quantitative estimate of drug-likeness (QED) is 0.141. The lowest BCUT2D eigenvalue weighted by Gasteiger charge is -2.25. The monoisotopic (exact) mass is 524 g/mol. The van der Waals surface area contributed by atoms with Crippen LogP contribution in [0, 0.1) is 5.92 Å². The van der Waals surface area contributed by atoms with Gasteiger partial charge in [-0.3, -0.25) is 14.4 Å². The molecule has 0 saturated heterocycles. The Labute approximate surface area is 211 Å². The Morgan fingerprint density at radius 2 is 1.80 bits per heavy atom. The molecule has 0 spiro atoms. The van der Waals surface area contributed by atoms with E-state index in [-0.39, 0.29) is 28.6 Å². The zero-order valence-corrected chi connectivity index (χ0v) is 20.4. The van der Waals surface area contributed by atoms with Crippen molar-refractivity contribution in [1.29, 1.82) is 0 Å². The number of hydrogen-bond donors (Lipinski definition) is 0. The molecule has 0 fully saturated rings. The number of aromatic nitrogens is 2. The molecule has 0 radical (unpaired) electrons. The van der Waals surface area contributed by atoms with Crippen LogP contribution in [-0.2, 0) is 14.3 Å². The standard InChI is InChI=1S/C24H16N2O6S3/c27-17(15-9-13-5-1-3-7-19(13)31-21(15)29)11-33-23-25-26-24(35-23)34-12-18(28)16-10-14-6-2-4-8-20(14)32-22(16)30/h1-10,15,19H,11-12H2. The lowest BCUT2D eigenvalue weighted by molar-refractivity contribution is -0.152. The summed E-state index contributed by atoms with van der Waals surface area (Å²) < 4.78 is 11.6. The second kappa shape index (κ2) is 10.1. The fourth-order valence-corrected chi connectivity index (χ4v) is 6.30. The van der Waals surface area contributed by atoms with E-state index in [1.54, 1.807) is 42.5 Å². The molecule has 1 aliphatic carbocycles. The van der Waals surface area contributed by atoms with Crippen molar-refractivity contribution in [3.05, 3.63) is 82.3 Å². The van der Waals surface area contributed by atoms with Gasteiger partial charge in [-0.25, -0.2) is 4.79 Å². The predicted octanol–water partition coefficient (Wildman–Crippen LogP) is 3.87. The Balaban J connectivity index is 1.17. The van der Waals surface area contributed by atoms with Crippen LogP contribution in [0.5, 0.6) is 0 Å². The maximum Gasteiger partial charge on any atom is 0.347 e. The van der Waals surface area contributed by atoms with Gasteiger partial charge in [-0.05, 0) is 23.8 Å². The molecule has 0 amide bonds. The summed E-state index contributed by atoms with van der Waals surface area (Å²) in [7, 11) is 0. The van der Waals surface area contributed by atoms with Crippen molar-refractivity contribution >= 4 is 63.4 Å². The highest BCUT2D eigenvalue weighted by Crippen LogP contribution is 2.31. The molecule has 2 unspecified atom stereocenters. The van der Waals surface area contributed by atoms with Crippen molar-refractivity contribution in [3.63, 3.8) is 0 Å². The number of Topliss-reactive ketones (excluding diaryl/α,β-unsaturated/α-hetero) is 2. The van der Waals surface area contributed by atoms with E-state index in [0.29, 0.717) is 19.6 Å². The SMILES string of the molecule is O=C(CSc1nnc(SCC(=O)C2C=C3C=CC=CC3OC2=O)s1)c1cc2ccccc2oc1=O. The van der Waals surface area contributed by atoms with Crippen molar-refractivity contribution in [1.82, 2.24) is 10.2 Å². The lowest BCUT2D eigenvalue weighted by atomic mass is 9.93. The first-order chi connectivity index (χ1) is 17.0. The highest BCUT2D eigenvalue weighted by atomic mass is 32.2. The van der Waals surface area contributed by atoms with Gasteiger partial charge in [-0.2, -0.15) is 0 Å². The topological polar surface area (TPSA) is 116 Å². The molecule has 5 rings (SSSR count). The van der Waals surface area contributed by atoms with Crippen LogP contribution in [0.2, 0.25) is 0 Å². The van der Waals surface area contributed by atoms with Crippen LogP contribution < -0.4 is 5.63 Å². The van der Waals surface area contributed by atoms with Gasteiger partial charge in [-0.15, -0.1) is 10.2 Å². The average Bonchev–Trinajstić information content (AvgIpc) is 3.33. The molecule has 1 aliphatic heterocycles. The summed E-state index contributed by atoms with van der Waals surface area (Å²) in [5.74, 6) is -2.14. The van der Waals surface area contributed by atoms with Gasteiger partial charge in [-0.1, -0.05) is 77.4 Å². The zero-order valence-electron chi connectivity index (χ0n) is 17.9. The third-order valence-corrected chi connectivity index (χ3v) is 8.42. The molecule has 8 nitrogen and oxygen atoms in total. The van der Waals surface area contributed by atoms with Crippen LogP contribution in [0.15, 0.2) is 84.2 Å². The van der Waals surface area contributed by atoms with E-state index in [2.05, 4.69) is 10.2 Å². The van der Waals surface area contributed by atoms with Crippen LogP contribution in [0.3, 0.4) is 0 Å². The minimum atomic E-state index is -0.946. The first-order valence-corrected chi connectivity index (χ1v) is 13.2. The smallest absolute Gasteiger partial charge is 0.347 e. The zero-order chi connectivity index (χ0) is 24.4. The molecule has 3 heterocycles. The Hall–Kier alpha value is -3.28. The van der Waals surface area contributed by atoms with Crippen LogP contribution in [0.1, 0.15) is 10.4 Å². The van der Waals surface area contributed by atoms with E-state index >= 15 is 0 Å². The number of para-hydroxylation sites is 1. The molecule has 3 aromatic rings. The number of ketones is 2. The van der Waals surface area contributed by atoms with E-state index in [0.717, 1.165) is 17.3 Å². The summed E-state index contributed by atoms with van der Waals surface area (Å²) in [6.07, 6.45) is 8.42. The van der Waals surface area contributed by atoms with E-state index < -0.39 is 23.6 Å². The van der Waals surface area contributed by atoms with Crippen molar-refractivity contribution in [3.8, 4) is 0 Å². The summed E-state index contributed by atoms with van der Waals surface area (Å²) in [6, 6.07) is 8.51. The number of carbonyl (C=O) groups is 3. The Bertz CT molecular complexity index is 1490. The Morgan fingerprint density at radius 1 is 1.03 bits per heavy atom. The number of carbonyl (C=O) groups excluding carboxylic acids is 3. The summed E-state index contributed by atoms with van der Waals surface area (Å²) >= 11 is 3.55. The van der Waals surface area contributed by atoms with Gasteiger partial charge in [0.25, 0.3) is 0 Å². The maximum absolute atomic E-state index is 12.6. The molecular weight excluding hydrogens is 508 g/mol. The number of fused-ring (bicyclic) bond motifs is 2. The van der Waals surface area contributed by atoms with E-state index in [1.165, 1.54) is 29.2 Å². The lowest BCUT2D eigenvalue weighted by Crippen LogP contribution is -2.34. The van der Waals surface area contributed by atoms with Crippen molar-refractivity contribution < 1.29 is 23.5 Å². The number of allylic oxidation sites excluding steroid dienone is 2. The molecule has 11 heteroatoms. The summed E-state index contributed by atoms with van der Waals surface area (Å²) in [4.78, 5) is 49.6. The normalized spacial score (nSPS) is 18.7. The van der Waals surface area contributed by atoms with E-state index in [1.807, 2.05) is 12.2 Å². The first kappa shape index (κ1) is 23.5. The van der Waals surface area contributed by atoms with Gasteiger partial charge in [0, 0.05) is 5.39 Å². The van der Waals surface area contributed by atoms with Gasteiger partial charge >= 0.3 is 11.6 Å². The molecule has 2 aromatic heterocycles. The van der Waals surface area contributed by atoms with Gasteiger partial charge < -0.3 is 9.15 Å². The fourth-order valence-electron chi connectivity index (χ4n) is 3.48. The first-order valence-electron chi connectivity index (χ1n) is 10.4. The van der Waals surface area contributed by atoms with Crippen LogP contribution in [0.4, 0.5) is 0 Å². The molecule has 2 atom stereocenters. The van der Waals surface area contributed by atoms with Crippen molar-refractivity contribution in [2.24, 2.45) is 5.92 Å². The van der Waals surface area contributed by atoms with Crippen molar-refractivity contribution in [2.75, 3.05) is 11.5 Å².